The fourth-order valence-electron chi connectivity index (χ4n) is 2.45. The van der Waals surface area contributed by atoms with Gasteiger partial charge >= 0.3 is 0 Å². The molecule has 0 amide bonds. The summed E-state index contributed by atoms with van der Waals surface area (Å²) in [6.45, 7) is 2.27. The first-order valence-electron chi connectivity index (χ1n) is 8.93. The maximum absolute atomic E-state index is 8.42. The van der Waals surface area contributed by atoms with E-state index in [0.717, 1.165) is 12.8 Å². The van der Waals surface area contributed by atoms with Crippen molar-refractivity contribution in [2.75, 3.05) is 0 Å². The highest BCUT2D eigenvalue weighted by molar-refractivity contribution is 4.81. The highest BCUT2D eigenvalue weighted by Gasteiger charge is 1.91. The quantitative estimate of drug-likeness (QED) is 0.235. The van der Waals surface area contributed by atoms with Gasteiger partial charge in [0.15, 0.2) is 0 Å². The summed E-state index contributed by atoms with van der Waals surface area (Å²) in [7, 11) is 0. The van der Waals surface area contributed by atoms with Crippen LogP contribution in [0.5, 0.6) is 0 Å². The molecule has 1 nitrogen and oxygen atoms in total. The number of hydrogen-bond acceptors (Lipinski definition) is 1. The van der Waals surface area contributed by atoms with Crippen molar-refractivity contribution in [2.24, 2.45) is 0 Å². The minimum atomic E-state index is 0.737. The summed E-state index contributed by atoms with van der Waals surface area (Å²) >= 11 is 0. The first-order valence-corrected chi connectivity index (χ1v) is 8.93. The molecule has 0 radical (unpaired) electrons. The smallest absolute Gasteiger partial charge is 0.0621 e. The maximum Gasteiger partial charge on any atom is 0.0621 e. The number of rotatable bonds is 15. The molecule has 0 spiro atoms. The minimum absolute atomic E-state index is 0.737. The summed E-state index contributed by atoms with van der Waals surface area (Å²) in [6, 6.07) is 2.21. The van der Waals surface area contributed by atoms with E-state index >= 15 is 0 Å². The molecule has 0 aromatic rings. The van der Waals surface area contributed by atoms with Crippen LogP contribution in [-0.2, 0) is 0 Å². The fraction of sp³-hybridized carbons (Fsp3) is 0.842. The summed E-state index contributed by atoms with van der Waals surface area (Å²) in [5, 5.41) is 8.42. The Balaban J connectivity index is 3.03. The van der Waals surface area contributed by atoms with Crippen LogP contribution in [0.4, 0.5) is 0 Å². The molecule has 0 unspecified atom stereocenters. The second-order valence-corrected chi connectivity index (χ2v) is 5.85. The largest absolute Gasteiger partial charge is 0.198 e. The van der Waals surface area contributed by atoms with Crippen molar-refractivity contribution < 1.29 is 0 Å². The lowest BCUT2D eigenvalue weighted by atomic mass is 10.1. The second-order valence-electron chi connectivity index (χ2n) is 5.85. The number of nitriles is 1. The van der Waals surface area contributed by atoms with Gasteiger partial charge in [-0.1, -0.05) is 76.9 Å². The van der Waals surface area contributed by atoms with Gasteiger partial charge in [-0.25, -0.2) is 0 Å². The number of unbranched alkanes of at least 4 members (excludes halogenated alkanes) is 13. The van der Waals surface area contributed by atoms with Crippen LogP contribution < -0.4 is 0 Å². The Labute approximate surface area is 127 Å². The van der Waals surface area contributed by atoms with Crippen LogP contribution in [-0.4, -0.2) is 0 Å². The van der Waals surface area contributed by atoms with Crippen LogP contribution in [0, 0.1) is 11.3 Å². The molecule has 0 aromatic carbocycles. The average molecular weight is 277 g/mol. The van der Waals surface area contributed by atoms with E-state index in [0.29, 0.717) is 0 Å². The lowest BCUT2D eigenvalue weighted by Crippen LogP contribution is -1.80. The number of allylic oxidation sites excluding steroid dienone is 2. The topological polar surface area (TPSA) is 23.8 Å². The fourth-order valence-corrected chi connectivity index (χ4v) is 2.45. The highest BCUT2D eigenvalue weighted by atomic mass is 14.2. The Morgan fingerprint density at radius 2 is 1.10 bits per heavy atom. The summed E-state index contributed by atoms with van der Waals surface area (Å²) in [4.78, 5) is 0. The predicted molar refractivity (Wildman–Crippen MR) is 89.7 cm³/mol. The van der Waals surface area contributed by atoms with Gasteiger partial charge in [-0.15, -0.1) is 0 Å². The van der Waals surface area contributed by atoms with Gasteiger partial charge < -0.3 is 0 Å². The average Bonchev–Trinajstić information content (AvgIpc) is 2.47. The third kappa shape index (κ3) is 17.2. The van der Waals surface area contributed by atoms with Crippen molar-refractivity contribution in [3.05, 3.63) is 12.2 Å². The molecule has 0 bridgehead atoms. The number of nitrogens with zero attached hydrogens (tertiary/aromatic N) is 1. The molecule has 0 rings (SSSR count). The molecule has 20 heavy (non-hydrogen) atoms. The third-order valence-electron chi connectivity index (χ3n) is 3.80. The molecule has 0 N–H and O–H groups in total. The van der Waals surface area contributed by atoms with Crippen molar-refractivity contribution in [2.45, 2.75) is 103 Å². The zero-order valence-corrected chi connectivity index (χ0v) is 13.7. The van der Waals surface area contributed by atoms with Crippen molar-refractivity contribution >= 4 is 0 Å². The lowest BCUT2D eigenvalue weighted by Gasteiger charge is -1.99. The molecule has 116 valence electrons. The van der Waals surface area contributed by atoms with Crippen LogP contribution in [0.1, 0.15) is 103 Å². The Hall–Kier alpha value is -0.770. The van der Waals surface area contributed by atoms with Crippen LogP contribution >= 0.6 is 0 Å². The zero-order valence-electron chi connectivity index (χ0n) is 13.7. The summed E-state index contributed by atoms with van der Waals surface area (Å²) < 4.78 is 0. The van der Waals surface area contributed by atoms with E-state index in [9.17, 15) is 0 Å². The summed E-state index contributed by atoms with van der Waals surface area (Å²) in [6.07, 6.45) is 24.1. The zero-order chi connectivity index (χ0) is 14.7. The van der Waals surface area contributed by atoms with Crippen LogP contribution in [0.25, 0.3) is 0 Å². The highest BCUT2D eigenvalue weighted by Crippen LogP contribution is 2.10. The molecule has 0 saturated heterocycles. The van der Waals surface area contributed by atoms with Crippen molar-refractivity contribution in [1.82, 2.24) is 0 Å². The van der Waals surface area contributed by atoms with E-state index in [1.807, 2.05) is 0 Å². The van der Waals surface area contributed by atoms with E-state index in [4.69, 9.17) is 5.26 Å². The van der Waals surface area contributed by atoms with Gasteiger partial charge in [-0.3, -0.25) is 0 Å². The molecule has 0 atom stereocenters. The first kappa shape index (κ1) is 19.2. The van der Waals surface area contributed by atoms with E-state index in [1.165, 1.54) is 83.5 Å². The van der Waals surface area contributed by atoms with Crippen molar-refractivity contribution in [3.8, 4) is 6.07 Å². The predicted octanol–water partition coefficient (Wildman–Crippen LogP) is 6.94. The van der Waals surface area contributed by atoms with E-state index in [1.54, 1.807) is 0 Å². The van der Waals surface area contributed by atoms with Crippen LogP contribution in [0.3, 0.4) is 0 Å². The SMILES string of the molecule is CCCCCCCC/C=C\CCCCCCCCC#N. The van der Waals surface area contributed by atoms with Gasteiger partial charge in [0, 0.05) is 6.42 Å². The molecule has 0 saturated carbocycles. The van der Waals surface area contributed by atoms with Gasteiger partial charge in [0.05, 0.1) is 6.07 Å². The Morgan fingerprint density at radius 1 is 0.650 bits per heavy atom. The molecular weight excluding hydrogens is 242 g/mol. The van der Waals surface area contributed by atoms with Gasteiger partial charge in [-0.2, -0.15) is 5.26 Å². The van der Waals surface area contributed by atoms with E-state index in [2.05, 4.69) is 25.1 Å². The van der Waals surface area contributed by atoms with Gasteiger partial charge in [0.2, 0.25) is 0 Å². The molecular formula is C19H35N. The molecule has 1 heteroatoms. The first-order chi connectivity index (χ1) is 9.91. The standard InChI is InChI=1S/C19H35N/c1-2-3-4-5-6-7-8-9-10-11-12-13-14-15-16-17-18-19-20/h9-10H,2-8,11-18H2,1H3/b10-9-. The Morgan fingerprint density at radius 3 is 1.60 bits per heavy atom. The van der Waals surface area contributed by atoms with Crippen molar-refractivity contribution in [1.29, 1.82) is 5.26 Å². The second kappa shape index (κ2) is 18.2. The summed E-state index contributed by atoms with van der Waals surface area (Å²) in [5.41, 5.74) is 0. The molecule has 0 aliphatic heterocycles. The Kier molecular flexibility index (Phi) is 17.5. The maximum atomic E-state index is 8.42. The molecule has 0 aliphatic carbocycles. The molecule has 0 fully saturated rings. The monoisotopic (exact) mass is 277 g/mol. The van der Waals surface area contributed by atoms with E-state index < -0.39 is 0 Å². The number of hydrogen-bond donors (Lipinski definition) is 0. The van der Waals surface area contributed by atoms with Gasteiger partial charge in [0.1, 0.15) is 0 Å². The van der Waals surface area contributed by atoms with Crippen LogP contribution in [0.2, 0.25) is 0 Å². The van der Waals surface area contributed by atoms with Crippen LogP contribution in [0.15, 0.2) is 12.2 Å². The molecule has 0 aliphatic rings. The van der Waals surface area contributed by atoms with E-state index in [-0.39, 0.29) is 0 Å². The van der Waals surface area contributed by atoms with Gasteiger partial charge in [-0.05, 0) is 32.1 Å². The summed E-state index contributed by atoms with van der Waals surface area (Å²) in [5.74, 6) is 0. The Bertz CT molecular complexity index is 237. The molecule has 0 aromatic heterocycles. The van der Waals surface area contributed by atoms with Crippen molar-refractivity contribution in [3.63, 3.8) is 0 Å². The normalized spacial score (nSPS) is 11.0. The van der Waals surface area contributed by atoms with Gasteiger partial charge in [0.25, 0.3) is 0 Å². The minimum Gasteiger partial charge on any atom is -0.198 e. The third-order valence-corrected chi connectivity index (χ3v) is 3.80. The lowest BCUT2D eigenvalue weighted by molar-refractivity contribution is 0.600. The molecule has 0 heterocycles.